The Bertz CT molecular complexity index is 1150. The molecule has 4 rings (SSSR count). The highest BCUT2D eigenvalue weighted by atomic mass is 32.2. The molecule has 6 heteroatoms. The van der Waals surface area contributed by atoms with Crippen molar-refractivity contribution in [2.45, 2.75) is 10.4 Å². The Morgan fingerprint density at radius 3 is 1.81 bits per heavy atom. The number of thioether (sulfide) groups is 1. The molecule has 154 valence electrons. The van der Waals surface area contributed by atoms with Crippen LogP contribution in [0.25, 0.3) is 22.5 Å². The summed E-state index contributed by atoms with van der Waals surface area (Å²) in [5.41, 5.74) is 4.26. The molecule has 0 spiro atoms. The Morgan fingerprint density at radius 1 is 0.742 bits per heavy atom. The maximum absolute atomic E-state index is 12.9. The first kappa shape index (κ1) is 20.8. The number of carbonyl (C=O) groups is 1. The molecule has 0 radical (unpaired) electrons. The van der Waals surface area contributed by atoms with Crippen molar-refractivity contribution in [3.05, 3.63) is 96.6 Å². The molecule has 0 aliphatic rings. The van der Waals surface area contributed by atoms with Crippen molar-refractivity contribution in [3.8, 4) is 22.5 Å². The number of amides is 1. The molecule has 0 aliphatic carbocycles. The van der Waals surface area contributed by atoms with Gasteiger partial charge in [0.2, 0.25) is 11.1 Å². The second-order valence-electron chi connectivity index (χ2n) is 7.16. The summed E-state index contributed by atoms with van der Waals surface area (Å²) in [7, 11) is 3.51. The molecular weight excluding hydrogens is 404 g/mol. The number of aromatic nitrogens is 3. The van der Waals surface area contributed by atoms with Crippen molar-refractivity contribution in [3.63, 3.8) is 0 Å². The van der Waals surface area contributed by atoms with Crippen molar-refractivity contribution in [1.29, 1.82) is 0 Å². The average molecular weight is 427 g/mol. The van der Waals surface area contributed by atoms with Crippen LogP contribution in [0.5, 0.6) is 0 Å². The number of benzene rings is 3. The molecule has 1 aromatic heterocycles. The first-order valence-electron chi connectivity index (χ1n) is 9.92. The molecule has 0 bridgehead atoms. The zero-order valence-electron chi connectivity index (χ0n) is 17.3. The number of rotatable bonds is 6. The number of nitrogens with zero attached hydrogens (tertiary/aromatic N) is 4. The van der Waals surface area contributed by atoms with Crippen LogP contribution in [0.2, 0.25) is 0 Å². The molecule has 31 heavy (non-hydrogen) atoms. The maximum Gasteiger partial charge on any atom is 0.240 e. The van der Waals surface area contributed by atoms with Crippen LogP contribution in [-0.4, -0.2) is 40.1 Å². The minimum absolute atomic E-state index is 0.0202. The third-order valence-electron chi connectivity index (χ3n) is 4.75. The predicted octanol–water partition coefficient (Wildman–Crippen LogP) is 5.13. The quantitative estimate of drug-likeness (QED) is 0.400. The number of likely N-dealkylation sites (N-methyl/N-ethyl adjacent to an activating group) is 1. The Morgan fingerprint density at radius 2 is 1.26 bits per heavy atom. The lowest BCUT2D eigenvalue weighted by Crippen LogP contribution is -2.26. The van der Waals surface area contributed by atoms with Crippen molar-refractivity contribution in [1.82, 2.24) is 20.1 Å². The van der Waals surface area contributed by atoms with E-state index in [4.69, 9.17) is 4.98 Å². The highest BCUT2D eigenvalue weighted by Gasteiger charge is 2.26. The SMILES string of the molecule is CN(C)C(=O)[C@@H](Sc1nnc(-c2ccccc2)c(-c2ccccc2)n1)c1ccccc1. The minimum Gasteiger partial charge on any atom is -0.348 e. The molecule has 1 heterocycles. The van der Waals surface area contributed by atoms with Gasteiger partial charge >= 0.3 is 0 Å². The zero-order valence-corrected chi connectivity index (χ0v) is 18.2. The zero-order chi connectivity index (χ0) is 21.6. The summed E-state index contributed by atoms with van der Waals surface area (Å²) in [6, 6.07) is 29.5. The lowest BCUT2D eigenvalue weighted by atomic mass is 10.0. The summed E-state index contributed by atoms with van der Waals surface area (Å²) in [5.74, 6) is -0.0202. The van der Waals surface area contributed by atoms with E-state index in [2.05, 4.69) is 10.2 Å². The van der Waals surface area contributed by atoms with E-state index < -0.39 is 5.25 Å². The van der Waals surface area contributed by atoms with E-state index in [9.17, 15) is 4.79 Å². The first-order valence-corrected chi connectivity index (χ1v) is 10.8. The van der Waals surface area contributed by atoms with Gasteiger partial charge in [-0.3, -0.25) is 4.79 Å². The largest absolute Gasteiger partial charge is 0.348 e. The Balaban J connectivity index is 1.77. The summed E-state index contributed by atoms with van der Waals surface area (Å²) >= 11 is 1.32. The maximum atomic E-state index is 12.9. The molecule has 0 N–H and O–H groups in total. The van der Waals surface area contributed by atoms with Gasteiger partial charge in [-0.05, 0) is 5.56 Å². The molecule has 5 nitrogen and oxygen atoms in total. The van der Waals surface area contributed by atoms with E-state index in [-0.39, 0.29) is 5.91 Å². The second-order valence-corrected chi connectivity index (χ2v) is 8.24. The van der Waals surface area contributed by atoms with Crippen molar-refractivity contribution in [2.24, 2.45) is 0 Å². The normalized spacial score (nSPS) is 11.7. The van der Waals surface area contributed by atoms with E-state index in [1.165, 1.54) is 11.8 Å². The van der Waals surface area contributed by atoms with Gasteiger partial charge < -0.3 is 4.90 Å². The van der Waals surface area contributed by atoms with Crippen molar-refractivity contribution < 1.29 is 4.79 Å². The third-order valence-corrected chi connectivity index (χ3v) is 5.85. The van der Waals surface area contributed by atoms with Crippen molar-refractivity contribution >= 4 is 17.7 Å². The smallest absolute Gasteiger partial charge is 0.240 e. The van der Waals surface area contributed by atoms with Gasteiger partial charge in [-0.15, -0.1) is 10.2 Å². The Labute approximate surface area is 186 Å². The lowest BCUT2D eigenvalue weighted by Gasteiger charge is -2.20. The van der Waals surface area contributed by atoms with Gasteiger partial charge in [0.1, 0.15) is 16.6 Å². The average Bonchev–Trinajstić information content (AvgIpc) is 2.83. The van der Waals surface area contributed by atoms with Gasteiger partial charge in [0.25, 0.3) is 0 Å². The van der Waals surface area contributed by atoms with Gasteiger partial charge in [0.15, 0.2) is 0 Å². The fourth-order valence-electron chi connectivity index (χ4n) is 3.18. The predicted molar refractivity (Wildman–Crippen MR) is 124 cm³/mol. The summed E-state index contributed by atoms with van der Waals surface area (Å²) in [6.45, 7) is 0. The Hall–Kier alpha value is -3.51. The molecule has 1 atom stereocenters. The molecule has 0 unspecified atom stereocenters. The number of carbonyl (C=O) groups excluding carboxylic acids is 1. The molecule has 0 fully saturated rings. The monoisotopic (exact) mass is 426 g/mol. The van der Waals surface area contributed by atoms with Gasteiger partial charge in [0.05, 0.1) is 0 Å². The van der Waals surface area contributed by atoms with Crippen LogP contribution >= 0.6 is 11.8 Å². The van der Waals surface area contributed by atoms with E-state index in [1.54, 1.807) is 19.0 Å². The van der Waals surface area contributed by atoms with Gasteiger partial charge in [-0.1, -0.05) is 103 Å². The van der Waals surface area contributed by atoms with Gasteiger partial charge in [0, 0.05) is 25.2 Å². The van der Waals surface area contributed by atoms with Crippen LogP contribution in [0.3, 0.4) is 0 Å². The van der Waals surface area contributed by atoms with Crippen LogP contribution in [0.1, 0.15) is 10.8 Å². The van der Waals surface area contributed by atoms with Crippen LogP contribution in [0.15, 0.2) is 96.2 Å². The fourth-order valence-corrected chi connectivity index (χ4v) is 4.23. The molecule has 3 aromatic carbocycles. The van der Waals surface area contributed by atoms with E-state index in [0.717, 1.165) is 22.4 Å². The summed E-state index contributed by atoms with van der Waals surface area (Å²) in [5, 5.41) is 8.90. The topological polar surface area (TPSA) is 59.0 Å². The van der Waals surface area contributed by atoms with Crippen LogP contribution in [0, 0.1) is 0 Å². The second kappa shape index (κ2) is 9.53. The van der Waals surface area contributed by atoms with Crippen molar-refractivity contribution in [2.75, 3.05) is 14.1 Å². The number of hydrogen-bond donors (Lipinski definition) is 0. The summed E-state index contributed by atoms with van der Waals surface area (Å²) < 4.78 is 0. The Kier molecular flexibility index (Phi) is 6.38. The highest BCUT2D eigenvalue weighted by Crippen LogP contribution is 2.36. The van der Waals surface area contributed by atoms with Gasteiger partial charge in [-0.25, -0.2) is 4.98 Å². The molecular formula is C25H22N4OS. The standard InChI is InChI=1S/C25H22N4OS/c1-29(2)24(30)23(20-16-10-5-11-17-20)31-25-26-21(18-12-6-3-7-13-18)22(27-28-25)19-14-8-4-9-15-19/h3-17,23H,1-2H3/t23-/m0/s1. The lowest BCUT2D eigenvalue weighted by molar-refractivity contribution is -0.128. The highest BCUT2D eigenvalue weighted by molar-refractivity contribution is 8.00. The molecule has 0 saturated heterocycles. The minimum atomic E-state index is -0.454. The fraction of sp³-hybridized carbons (Fsp3) is 0.120. The van der Waals surface area contributed by atoms with Gasteiger partial charge in [-0.2, -0.15) is 0 Å². The van der Waals surface area contributed by atoms with Crippen LogP contribution in [-0.2, 0) is 4.79 Å². The third kappa shape index (κ3) is 4.81. The molecule has 0 saturated carbocycles. The number of hydrogen-bond acceptors (Lipinski definition) is 5. The first-order chi connectivity index (χ1) is 15.1. The summed E-state index contributed by atoms with van der Waals surface area (Å²) in [6.07, 6.45) is 0. The summed E-state index contributed by atoms with van der Waals surface area (Å²) in [4.78, 5) is 19.4. The van der Waals surface area contributed by atoms with E-state index in [1.807, 2.05) is 91.0 Å². The molecule has 1 amide bonds. The van der Waals surface area contributed by atoms with Crippen LogP contribution < -0.4 is 0 Å². The molecule has 4 aromatic rings. The molecule has 0 aliphatic heterocycles. The van der Waals surface area contributed by atoms with E-state index in [0.29, 0.717) is 10.9 Å². The van der Waals surface area contributed by atoms with Crippen LogP contribution in [0.4, 0.5) is 0 Å². The van der Waals surface area contributed by atoms with E-state index >= 15 is 0 Å².